The van der Waals surface area contributed by atoms with E-state index in [0.29, 0.717) is 6.73 Å². The first-order valence-electron chi connectivity index (χ1n) is 4.83. The Morgan fingerprint density at radius 1 is 1.38 bits per heavy atom. The summed E-state index contributed by atoms with van der Waals surface area (Å²) in [5.41, 5.74) is 0. The van der Waals surface area contributed by atoms with Gasteiger partial charge in [0.05, 0.1) is 19.1 Å². The Kier molecular flexibility index (Phi) is 2.80. The van der Waals surface area contributed by atoms with E-state index in [1.807, 2.05) is 0 Å². The molecule has 1 saturated heterocycles. The second kappa shape index (κ2) is 4.07. The Labute approximate surface area is 77.8 Å². The van der Waals surface area contributed by atoms with Crippen LogP contribution in [0.2, 0.25) is 0 Å². The molecule has 1 aliphatic carbocycles. The minimum absolute atomic E-state index is 0.0218. The summed E-state index contributed by atoms with van der Waals surface area (Å²) in [6, 6.07) is 0. The highest BCUT2D eigenvalue weighted by Crippen LogP contribution is 2.30. The number of carbonyl (C=O) groups excluding carboxylic acids is 1. The van der Waals surface area contributed by atoms with E-state index in [1.54, 1.807) is 0 Å². The van der Waals surface area contributed by atoms with Crippen molar-refractivity contribution in [3.8, 4) is 0 Å². The predicted molar refractivity (Wildman–Crippen MR) is 46.1 cm³/mol. The van der Waals surface area contributed by atoms with Crippen LogP contribution < -0.4 is 0 Å². The van der Waals surface area contributed by atoms with Crippen LogP contribution in [0.25, 0.3) is 0 Å². The van der Waals surface area contributed by atoms with E-state index in [-0.39, 0.29) is 11.9 Å². The molecule has 4 nitrogen and oxygen atoms in total. The Balaban J connectivity index is 1.62. The first-order chi connectivity index (χ1) is 6.36. The van der Waals surface area contributed by atoms with E-state index in [0.717, 1.165) is 39.1 Å². The van der Waals surface area contributed by atoms with Crippen molar-refractivity contribution in [2.45, 2.75) is 12.8 Å². The molecule has 2 aliphatic rings. The standard InChI is InChI=1S/C9H15NO3/c11-9(8-1-2-8)13-7-10-3-5-12-6-4-10/h8H,1-7H2. The molecule has 2 rings (SSSR count). The summed E-state index contributed by atoms with van der Waals surface area (Å²) in [4.78, 5) is 13.3. The summed E-state index contributed by atoms with van der Waals surface area (Å²) in [6.45, 7) is 3.69. The fourth-order valence-electron chi connectivity index (χ4n) is 1.32. The van der Waals surface area contributed by atoms with Crippen molar-refractivity contribution >= 4 is 5.97 Å². The van der Waals surface area contributed by atoms with Crippen LogP contribution in [-0.2, 0) is 14.3 Å². The molecule has 2 fully saturated rings. The zero-order valence-electron chi connectivity index (χ0n) is 7.70. The molecule has 0 N–H and O–H groups in total. The second-order valence-electron chi connectivity index (χ2n) is 3.60. The molecule has 4 heteroatoms. The van der Waals surface area contributed by atoms with Crippen LogP contribution in [0, 0.1) is 5.92 Å². The summed E-state index contributed by atoms with van der Waals surface area (Å²) >= 11 is 0. The third-order valence-corrected chi connectivity index (χ3v) is 2.40. The van der Waals surface area contributed by atoms with Gasteiger partial charge in [-0.3, -0.25) is 9.69 Å². The number of carbonyl (C=O) groups is 1. The van der Waals surface area contributed by atoms with Gasteiger partial charge in [0, 0.05) is 13.1 Å². The molecule has 0 aromatic carbocycles. The Hall–Kier alpha value is -0.610. The highest BCUT2D eigenvalue weighted by Gasteiger charge is 2.31. The van der Waals surface area contributed by atoms with E-state index in [2.05, 4.69) is 4.90 Å². The fraction of sp³-hybridized carbons (Fsp3) is 0.889. The molecule has 0 aromatic heterocycles. The van der Waals surface area contributed by atoms with Crippen LogP contribution in [-0.4, -0.2) is 43.9 Å². The van der Waals surface area contributed by atoms with Gasteiger partial charge in [-0.05, 0) is 12.8 Å². The van der Waals surface area contributed by atoms with E-state index in [1.165, 1.54) is 0 Å². The summed E-state index contributed by atoms with van der Waals surface area (Å²) in [6.07, 6.45) is 2.03. The van der Waals surface area contributed by atoms with Crippen LogP contribution in [0.3, 0.4) is 0 Å². The van der Waals surface area contributed by atoms with Gasteiger partial charge >= 0.3 is 5.97 Å². The summed E-state index contributed by atoms with van der Waals surface area (Å²) < 4.78 is 10.3. The molecular formula is C9H15NO3. The third kappa shape index (κ3) is 2.67. The van der Waals surface area contributed by atoms with Crippen molar-refractivity contribution in [3.63, 3.8) is 0 Å². The summed E-state index contributed by atoms with van der Waals surface area (Å²) in [5.74, 6) is 0.188. The number of esters is 1. The molecule has 0 bridgehead atoms. The van der Waals surface area contributed by atoms with Gasteiger partial charge in [0.1, 0.15) is 6.73 Å². The van der Waals surface area contributed by atoms with Crippen LogP contribution in [0.15, 0.2) is 0 Å². The SMILES string of the molecule is O=C(OCN1CCOCC1)C1CC1. The molecule has 0 unspecified atom stereocenters. The molecule has 0 spiro atoms. The maximum atomic E-state index is 11.2. The molecule has 0 amide bonds. The topological polar surface area (TPSA) is 38.8 Å². The molecule has 1 saturated carbocycles. The first-order valence-corrected chi connectivity index (χ1v) is 4.83. The Morgan fingerprint density at radius 2 is 2.08 bits per heavy atom. The molecule has 74 valence electrons. The number of hydrogen-bond donors (Lipinski definition) is 0. The zero-order chi connectivity index (χ0) is 9.10. The molecule has 0 aromatic rings. The highest BCUT2D eigenvalue weighted by molar-refractivity contribution is 5.74. The van der Waals surface area contributed by atoms with Gasteiger partial charge in [0.15, 0.2) is 0 Å². The van der Waals surface area contributed by atoms with Crippen LogP contribution in [0.1, 0.15) is 12.8 Å². The summed E-state index contributed by atoms with van der Waals surface area (Å²) in [7, 11) is 0. The van der Waals surface area contributed by atoms with Gasteiger partial charge < -0.3 is 9.47 Å². The van der Waals surface area contributed by atoms with Crippen LogP contribution >= 0.6 is 0 Å². The average Bonchev–Trinajstić information content (AvgIpc) is 2.99. The fourth-order valence-corrected chi connectivity index (χ4v) is 1.32. The lowest BCUT2D eigenvalue weighted by molar-refractivity contribution is -0.151. The molecule has 1 aliphatic heterocycles. The van der Waals surface area contributed by atoms with Gasteiger partial charge in [-0.2, -0.15) is 0 Å². The largest absolute Gasteiger partial charge is 0.449 e. The van der Waals surface area contributed by atoms with Crippen molar-refractivity contribution in [2.24, 2.45) is 5.92 Å². The minimum atomic E-state index is -0.0218. The van der Waals surface area contributed by atoms with Crippen molar-refractivity contribution in [2.75, 3.05) is 33.0 Å². The minimum Gasteiger partial charge on any atom is -0.449 e. The second-order valence-corrected chi connectivity index (χ2v) is 3.60. The normalized spacial score (nSPS) is 24.3. The summed E-state index contributed by atoms with van der Waals surface area (Å²) in [5, 5.41) is 0. The van der Waals surface area contributed by atoms with Gasteiger partial charge in [0.2, 0.25) is 0 Å². The lowest BCUT2D eigenvalue weighted by atomic mass is 10.4. The monoisotopic (exact) mass is 185 g/mol. The predicted octanol–water partition coefficient (Wildman–Crippen LogP) is 0.229. The molecule has 0 atom stereocenters. The van der Waals surface area contributed by atoms with E-state index in [9.17, 15) is 4.79 Å². The Morgan fingerprint density at radius 3 is 2.69 bits per heavy atom. The number of hydrogen-bond acceptors (Lipinski definition) is 4. The van der Waals surface area contributed by atoms with E-state index >= 15 is 0 Å². The first kappa shape index (κ1) is 8.97. The van der Waals surface area contributed by atoms with Crippen molar-refractivity contribution in [3.05, 3.63) is 0 Å². The van der Waals surface area contributed by atoms with Gasteiger partial charge in [-0.25, -0.2) is 0 Å². The van der Waals surface area contributed by atoms with Gasteiger partial charge in [-0.1, -0.05) is 0 Å². The molecule has 0 radical (unpaired) electrons. The average molecular weight is 185 g/mol. The number of morpholine rings is 1. The van der Waals surface area contributed by atoms with Gasteiger partial charge in [-0.15, -0.1) is 0 Å². The lowest BCUT2D eigenvalue weighted by Gasteiger charge is -2.25. The smallest absolute Gasteiger partial charge is 0.310 e. The number of ether oxygens (including phenoxy) is 2. The highest BCUT2D eigenvalue weighted by atomic mass is 16.5. The van der Waals surface area contributed by atoms with E-state index < -0.39 is 0 Å². The van der Waals surface area contributed by atoms with Gasteiger partial charge in [0.25, 0.3) is 0 Å². The third-order valence-electron chi connectivity index (χ3n) is 2.40. The van der Waals surface area contributed by atoms with E-state index in [4.69, 9.17) is 9.47 Å². The molecule has 13 heavy (non-hydrogen) atoms. The maximum Gasteiger partial charge on any atom is 0.310 e. The maximum absolute atomic E-state index is 11.2. The van der Waals surface area contributed by atoms with Crippen molar-refractivity contribution in [1.29, 1.82) is 0 Å². The Bertz CT molecular complexity index is 185. The van der Waals surface area contributed by atoms with Crippen molar-refractivity contribution < 1.29 is 14.3 Å². The number of nitrogens with zero attached hydrogens (tertiary/aromatic N) is 1. The van der Waals surface area contributed by atoms with Crippen LogP contribution in [0.5, 0.6) is 0 Å². The molecule has 1 heterocycles. The lowest BCUT2D eigenvalue weighted by Crippen LogP contribution is -2.38. The number of rotatable bonds is 3. The van der Waals surface area contributed by atoms with Crippen LogP contribution in [0.4, 0.5) is 0 Å². The molecular weight excluding hydrogens is 170 g/mol. The zero-order valence-corrected chi connectivity index (χ0v) is 7.70. The van der Waals surface area contributed by atoms with Crippen molar-refractivity contribution in [1.82, 2.24) is 4.90 Å². The quantitative estimate of drug-likeness (QED) is 0.590.